The number of hydrogen-bond donors (Lipinski definition) is 2. The van der Waals surface area contributed by atoms with Crippen LogP contribution in [0.25, 0.3) is 17.0 Å². The zero-order valence-electron chi connectivity index (χ0n) is 14.7. The van der Waals surface area contributed by atoms with E-state index >= 15 is 0 Å². The van der Waals surface area contributed by atoms with Crippen molar-refractivity contribution in [3.63, 3.8) is 0 Å². The minimum Gasteiger partial charge on any atom is -0.366 e. The number of imidazole rings is 1. The van der Waals surface area contributed by atoms with Crippen molar-refractivity contribution in [2.24, 2.45) is 0 Å². The predicted molar refractivity (Wildman–Crippen MR) is 102 cm³/mol. The van der Waals surface area contributed by atoms with Gasteiger partial charge in [0.15, 0.2) is 0 Å². The average molecular weight is 331 g/mol. The Morgan fingerprint density at radius 3 is 2.96 bits per heavy atom. The van der Waals surface area contributed by atoms with Crippen molar-refractivity contribution in [1.29, 1.82) is 0 Å². The lowest BCUT2D eigenvalue weighted by Gasteiger charge is -2.29. The van der Waals surface area contributed by atoms with Gasteiger partial charge in [0.1, 0.15) is 11.5 Å². The van der Waals surface area contributed by atoms with Crippen LogP contribution in [-0.2, 0) is 0 Å². The molecule has 1 aliphatic rings. The van der Waals surface area contributed by atoms with Crippen molar-refractivity contribution < 1.29 is 0 Å². The molecule has 0 amide bonds. The molecule has 1 aliphatic heterocycles. The van der Waals surface area contributed by atoms with Gasteiger partial charge in [-0.3, -0.25) is 4.40 Å². The van der Waals surface area contributed by atoms with Gasteiger partial charge in [-0.05, 0) is 56.1 Å². The molecule has 2 atom stereocenters. The molecule has 0 aromatic carbocycles. The first-order valence-corrected chi connectivity index (χ1v) is 8.75. The molecule has 6 heteroatoms. The molecule has 3 aromatic rings. The third kappa shape index (κ3) is 3.26. The van der Waals surface area contributed by atoms with Gasteiger partial charge in [0, 0.05) is 18.8 Å². The minimum atomic E-state index is 0.194. The minimum absolute atomic E-state index is 0.194. The maximum Gasteiger partial charge on any atom is 0.137 e. The molecule has 2 radical (unpaired) electrons. The number of aromatic nitrogens is 3. The highest BCUT2D eigenvalue weighted by atomic mass is 15.1. The smallest absolute Gasteiger partial charge is 0.137 e. The Labute approximate surface area is 149 Å². The Morgan fingerprint density at radius 2 is 2.12 bits per heavy atom. The van der Waals surface area contributed by atoms with Crippen molar-refractivity contribution in [2.75, 3.05) is 18.4 Å². The summed E-state index contributed by atoms with van der Waals surface area (Å²) in [4.78, 5) is 9.32. The van der Waals surface area contributed by atoms with Crippen LogP contribution in [0.15, 0.2) is 36.7 Å². The van der Waals surface area contributed by atoms with Gasteiger partial charge in [-0.1, -0.05) is 11.9 Å². The van der Waals surface area contributed by atoms with E-state index in [4.69, 9.17) is 12.8 Å². The molecule has 3 aromatic heterocycles. The van der Waals surface area contributed by atoms with Crippen molar-refractivity contribution >= 4 is 19.3 Å². The normalized spacial score (nSPS) is 20.7. The molecule has 126 valence electrons. The highest BCUT2D eigenvalue weighted by Gasteiger charge is 2.18. The van der Waals surface area contributed by atoms with Crippen LogP contribution in [0.3, 0.4) is 0 Å². The van der Waals surface area contributed by atoms with E-state index < -0.39 is 0 Å². The topological polar surface area (TPSA) is 54.2 Å². The zero-order chi connectivity index (χ0) is 17.4. The lowest BCUT2D eigenvalue weighted by molar-refractivity contribution is 0.479. The highest BCUT2D eigenvalue weighted by Crippen LogP contribution is 2.23. The van der Waals surface area contributed by atoms with Gasteiger partial charge in [0.2, 0.25) is 0 Å². The molecular formula is C19H22BN5. The second kappa shape index (κ2) is 6.52. The number of piperidine rings is 1. The lowest BCUT2D eigenvalue weighted by atomic mass is 9.80. The number of rotatable bonds is 3. The van der Waals surface area contributed by atoms with E-state index in [9.17, 15) is 0 Å². The van der Waals surface area contributed by atoms with Crippen LogP contribution in [-0.4, -0.2) is 41.3 Å². The van der Waals surface area contributed by atoms with Crippen LogP contribution in [0, 0.1) is 13.8 Å². The Balaban J connectivity index is 1.64. The molecule has 0 saturated carbocycles. The van der Waals surface area contributed by atoms with Crippen LogP contribution in [0.5, 0.6) is 0 Å². The number of nitrogens with one attached hydrogen (secondary N) is 2. The lowest BCUT2D eigenvalue weighted by Crippen LogP contribution is -2.41. The van der Waals surface area contributed by atoms with Gasteiger partial charge < -0.3 is 10.6 Å². The molecule has 5 nitrogen and oxygen atoms in total. The standard InChI is InChI=1S/C19H22BN5/c1-12-6-19-22-10-17(25(19)11-13(12)2)16-4-3-5-18(24-16)23-15-7-14(20)8-21-9-15/h3-6,10-11,14-15,21H,7-9H2,1-2H3,(H,23,24). The summed E-state index contributed by atoms with van der Waals surface area (Å²) in [5.74, 6) is 1.07. The quantitative estimate of drug-likeness (QED) is 0.725. The molecule has 4 rings (SSSR count). The van der Waals surface area contributed by atoms with Crippen LogP contribution in [0.1, 0.15) is 17.5 Å². The van der Waals surface area contributed by atoms with Crippen molar-refractivity contribution in [2.45, 2.75) is 32.1 Å². The summed E-state index contributed by atoms with van der Waals surface area (Å²) in [6.07, 6.45) is 4.96. The third-order valence-corrected chi connectivity index (χ3v) is 4.86. The predicted octanol–water partition coefficient (Wildman–Crippen LogP) is 2.74. The van der Waals surface area contributed by atoms with Crippen molar-refractivity contribution in [3.05, 3.63) is 47.8 Å². The fraction of sp³-hybridized carbons (Fsp3) is 0.368. The summed E-state index contributed by atoms with van der Waals surface area (Å²) < 4.78 is 2.10. The SMILES string of the molecule is [B]C1CNCC(Nc2cccc(-c3cnc4cc(C)c(C)cn34)n2)C1. The Kier molecular flexibility index (Phi) is 4.21. The summed E-state index contributed by atoms with van der Waals surface area (Å²) in [5, 5.41) is 6.85. The molecule has 0 bridgehead atoms. The van der Waals surface area contributed by atoms with Gasteiger partial charge in [-0.25, -0.2) is 9.97 Å². The zero-order valence-corrected chi connectivity index (χ0v) is 14.7. The molecular weight excluding hydrogens is 309 g/mol. The van der Waals surface area contributed by atoms with E-state index in [1.54, 1.807) is 0 Å². The fourth-order valence-corrected chi connectivity index (χ4v) is 3.36. The summed E-state index contributed by atoms with van der Waals surface area (Å²) >= 11 is 0. The van der Waals surface area contributed by atoms with Crippen molar-refractivity contribution in [3.8, 4) is 11.4 Å². The molecule has 1 fully saturated rings. The first-order chi connectivity index (χ1) is 12.1. The summed E-state index contributed by atoms with van der Waals surface area (Å²) in [7, 11) is 6.04. The molecule has 25 heavy (non-hydrogen) atoms. The molecule has 0 spiro atoms. The van der Waals surface area contributed by atoms with E-state index in [2.05, 4.69) is 46.1 Å². The van der Waals surface area contributed by atoms with Crippen LogP contribution >= 0.6 is 0 Å². The largest absolute Gasteiger partial charge is 0.366 e. The highest BCUT2D eigenvalue weighted by molar-refractivity contribution is 6.11. The van der Waals surface area contributed by atoms with Gasteiger partial charge in [-0.15, -0.1) is 0 Å². The number of aryl methyl sites for hydroxylation is 2. The average Bonchev–Trinajstić information content (AvgIpc) is 2.98. The second-order valence-corrected chi connectivity index (χ2v) is 6.91. The van der Waals surface area contributed by atoms with E-state index in [1.807, 2.05) is 24.4 Å². The summed E-state index contributed by atoms with van der Waals surface area (Å²) in [6, 6.07) is 8.47. The number of fused-ring (bicyclic) bond motifs is 1. The number of hydrogen-bond acceptors (Lipinski definition) is 4. The van der Waals surface area contributed by atoms with E-state index in [0.717, 1.165) is 42.4 Å². The molecule has 2 unspecified atom stereocenters. The number of nitrogens with zero attached hydrogens (tertiary/aromatic N) is 3. The van der Waals surface area contributed by atoms with Gasteiger partial charge in [0.05, 0.1) is 25.4 Å². The monoisotopic (exact) mass is 331 g/mol. The first-order valence-electron chi connectivity index (χ1n) is 8.75. The second-order valence-electron chi connectivity index (χ2n) is 6.91. The molecule has 2 N–H and O–H groups in total. The van der Waals surface area contributed by atoms with Gasteiger partial charge in [0.25, 0.3) is 0 Å². The molecule has 1 saturated heterocycles. The maximum atomic E-state index is 6.04. The maximum absolute atomic E-state index is 6.04. The Hall–Kier alpha value is -2.34. The number of anilines is 1. The fourth-order valence-electron chi connectivity index (χ4n) is 3.36. The van der Waals surface area contributed by atoms with Crippen molar-refractivity contribution in [1.82, 2.24) is 19.7 Å². The Bertz CT molecular complexity index is 904. The third-order valence-electron chi connectivity index (χ3n) is 4.86. The van der Waals surface area contributed by atoms with Crippen LogP contribution in [0.2, 0.25) is 5.82 Å². The van der Waals surface area contributed by atoms with Crippen LogP contribution in [0.4, 0.5) is 5.82 Å². The summed E-state index contributed by atoms with van der Waals surface area (Å²) in [5.41, 5.74) is 5.34. The molecule has 0 aliphatic carbocycles. The van der Waals surface area contributed by atoms with E-state index in [0.29, 0.717) is 6.04 Å². The van der Waals surface area contributed by atoms with Gasteiger partial charge in [-0.2, -0.15) is 0 Å². The first kappa shape index (κ1) is 16.2. The Morgan fingerprint density at radius 1 is 1.24 bits per heavy atom. The van der Waals surface area contributed by atoms with Gasteiger partial charge >= 0.3 is 0 Å². The molecule has 4 heterocycles. The number of pyridine rings is 2. The summed E-state index contributed by atoms with van der Waals surface area (Å²) in [6.45, 7) is 6.01. The van der Waals surface area contributed by atoms with E-state index in [1.165, 1.54) is 11.1 Å². The van der Waals surface area contributed by atoms with Crippen LogP contribution < -0.4 is 10.6 Å². The van der Waals surface area contributed by atoms with E-state index in [-0.39, 0.29) is 5.82 Å².